The van der Waals surface area contributed by atoms with Gasteiger partial charge in [-0.1, -0.05) is 6.58 Å². The van der Waals surface area contributed by atoms with E-state index in [1.54, 1.807) is 0 Å². The van der Waals surface area contributed by atoms with Crippen LogP contribution in [-0.2, 0) is 14.3 Å². The van der Waals surface area contributed by atoms with Gasteiger partial charge in [0.05, 0.1) is 29.9 Å². The molecular weight excluding hydrogens is 332 g/mol. The molecular formula is C17H18O8. The number of esters is 2. The van der Waals surface area contributed by atoms with Gasteiger partial charge < -0.3 is 19.7 Å². The summed E-state index contributed by atoms with van der Waals surface area (Å²) in [5.41, 5.74) is -0.668. The van der Waals surface area contributed by atoms with Crippen molar-refractivity contribution in [2.24, 2.45) is 0 Å². The Kier molecular flexibility index (Phi) is 7.33. The number of carboxylic acids is 2. The van der Waals surface area contributed by atoms with Gasteiger partial charge in [0.15, 0.2) is 0 Å². The zero-order valence-corrected chi connectivity index (χ0v) is 13.6. The lowest BCUT2D eigenvalue weighted by molar-refractivity contribution is -0.139. The number of ether oxygens (including phenoxy) is 2. The standard InChI is InChI=1S/C17H18O8/c1-10(2)16(22)24-7-3-4-8-25-17(23)11-5-6-12(14(18)19)13(9-11)15(20)21/h5-6,9H,1,3-4,7-8H2,2H3,(H,18,19)(H,20,21). The minimum atomic E-state index is -1.45. The van der Waals surface area contributed by atoms with Crippen LogP contribution >= 0.6 is 0 Å². The molecule has 0 amide bonds. The summed E-state index contributed by atoms with van der Waals surface area (Å²) in [6, 6.07) is 3.19. The van der Waals surface area contributed by atoms with Crippen LogP contribution < -0.4 is 0 Å². The maximum atomic E-state index is 11.9. The van der Waals surface area contributed by atoms with Gasteiger partial charge in [0.2, 0.25) is 0 Å². The SMILES string of the molecule is C=C(C)C(=O)OCCCCOC(=O)c1ccc(C(=O)O)c(C(=O)O)c1. The number of carbonyl (C=O) groups is 4. The quantitative estimate of drug-likeness (QED) is 0.394. The highest BCUT2D eigenvalue weighted by Crippen LogP contribution is 2.14. The lowest BCUT2D eigenvalue weighted by Crippen LogP contribution is -2.12. The largest absolute Gasteiger partial charge is 0.478 e. The van der Waals surface area contributed by atoms with E-state index < -0.39 is 35.0 Å². The third kappa shape index (κ3) is 6.09. The summed E-state index contributed by atoms with van der Waals surface area (Å²) in [6.45, 7) is 5.19. The van der Waals surface area contributed by atoms with Crippen LogP contribution in [0.2, 0.25) is 0 Å². The Labute approximate surface area is 143 Å². The van der Waals surface area contributed by atoms with Crippen LogP contribution in [0.15, 0.2) is 30.4 Å². The van der Waals surface area contributed by atoms with Gasteiger partial charge in [0, 0.05) is 5.57 Å². The molecule has 0 aliphatic carbocycles. The number of carbonyl (C=O) groups excluding carboxylic acids is 2. The van der Waals surface area contributed by atoms with Crippen LogP contribution in [-0.4, -0.2) is 47.3 Å². The molecule has 8 heteroatoms. The average Bonchev–Trinajstić information content (AvgIpc) is 2.56. The third-order valence-corrected chi connectivity index (χ3v) is 3.07. The number of hydrogen-bond donors (Lipinski definition) is 2. The molecule has 0 aliphatic rings. The Morgan fingerprint density at radius 2 is 1.52 bits per heavy atom. The van der Waals surface area contributed by atoms with Crippen molar-refractivity contribution >= 4 is 23.9 Å². The molecule has 2 N–H and O–H groups in total. The number of benzene rings is 1. The summed E-state index contributed by atoms with van der Waals surface area (Å²) in [6.07, 6.45) is 0.916. The van der Waals surface area contributed by atoms with Crippen molar-refractivity contribution in [1.29, 1.82) is 0 Å². The molecule has 1 aromatic carbocycles. The molecule has 0 radical (unpaired) electrons. The zero-order valence-electron chi connectivity index (χ0n) is 13.6. The lowest BCUT2D eigenvalue weighted by Gasteiger charge is -2.07. The first-order valence-corrected chi connectivity index (χ1v) is 7.34. The molecule has 0 aromatic heterocycles. The minimum absolute atomic E-state index is 0.0482. The van der Waals surface area contributed by atoms with E-state index in [1.807, 2.05) is 0 Å². The smallest absolute Gasteiger partial charge is 0.338 e. The normalized spacial score (nSPS) is 9.96. The summed E-state index contributed by atoms with van der Waals surface area (Å²) in [7, 11) is 0. The van der Waals surface area contributed by atoms with E-state index in [0.29, 0.717) is 18.4 Å². The Morgan fingerprint density at radius 3 is 2.04 bits per heavy atom. The predicted octanol–water partition coefficient (Wildman–Crippen LogP) is 2.14. The molecule has 0 fully saturated rings. The molecule has 0 spiro atoms. The van der Waals surface area contributed by atoms with Gasteiger partial charge in [-0.05, 0) is 38.0 Å². The molecule has 1 rings (SSSR count). The average molecular weight is 350 g/mol. The van der Waals surface area contributed by atoms with Crippen LogP contribution in [0.5, 0.6) is 0 Å². The van der Waals surface area contributed by atoms with Gasteiger partial charge in [0.1, 0.15) is 0 Å². The highest BCUT2D eigenvalue weighted by Gasteiger charge is 2.19. The molecule has 0 heterocycles. The predicted molar refractivity (Wildman–Crippen MR) is 85.7 cm³/mol. The molecule has 0 bridgehead atoms. The fourth-order valence-corrected chi connectivity index (χ4v) is 1.78. The summed E-state index contributed by atoms with van der Waals surface area (Å²) in [5.74, 6) is -4.11. The van der Waals surface area contributed by atoms with E-state index in [9.17, 15) is 19.2 Å². The van der Waals surface area contributed by atoms with Gasteiger partial charge >= 0.3 is 23.9 Å². The van der Waals surface area contributed by atoms with Crippen molar-refractivity contribution in [3.63, 3.8) is 0 Å². The fraction of sp³-hybridized carbons (Fsp3) is 0.294. The summed E-state index contributed by atoms with van der Waals surface area (Å²) in [5, 5.41) is 17.9. The molecule has 25 heavy (non-hydrogen) atoms. The first-order valence-electron chi connectivity index (χ1n) is 7.34. The van der Waals surface area contributed by atoms with E-state index in [0.717, 1.165) is 12.1 Å². The maximum Gasteiger partial charge on any atom is 0.338 e. The molecule has 8 nitrogen and oxygen atoms in total. The highest BCUT2D eigenvalue weighted by atomic mass is 16.5. The van der Waals surface area contributed by atoms with E-state index >= 15 is 0 Å². The number of carboxylic acid groups (broad SMARTS) is 2. The van der Waals surface area contributed by atoms with Gasteiger partial charge in [-0.2, -0.15) is 0 Å². The van der Waals surface area contributed by atoms with Crippen molar-refractivity contribution in [1.82, 2.24) is 0 Å². The Hall–Kier alpha value is -3.16. The number of rotatable bonds is 9. The number of aromatic carboxylic acids is 2. The van der Waals surface area contributed by atoms with E-state index in [-0.39, 0.29) is 18.8 Å². The first kappa shape index (κ1) is 19.9. The second-order valence-electron chi connectivity index (χ2n) is 5.13. The van der Waals surface area contributed by atoms with Gasteiger partial charge in [-0.25, -0.2) is 19.2 Å². The van der Waals surface area contributed by atoms with Gasteiger partial charge in [-0.3, -0.25) is 0 Å². The maximum absolute atomic E-state index is 11.9. The molecule has 0 saturated carbocycles. The summed E-state index contributed by atoms with van der Waals surface area (Å²) < 4.78 is 9.85. The van der Waals surface area contributed by atoms with Crippen molar-refractivity contribution in [2.75, 3.05) is 13.2 Å². The molecule has 0 aliphatic heterocycles. The lowest BCUT2D eigenvalue weighted by atomic mass is 10.0. The van der Waals surface area contributed by atoms with Crippen molar-refractivity contribution < 1.29 is 38.9 Å². The van der Waals surface area contributed by atoms with E-state index in [1.165, 1.54) is 13.0 Å². The highest BCUT2D eigenvalue weighted by molar-refractivity contribution is 6.03. The number of hydrogen-bond acceptors (Lipinski definition) is 6. The first-order chi connectivity index (χ1) is 11.7. The molecule has 0 atom stereocenters. The van der Waals surface area contributed by atoms with Crippen molar-refractivity contribution in [2.45, 2.75) is 19.8 Å². The zero-order chi connectivity index (χ0) is 19.0. The molecule has 0 unspecified atom stereocenters. The second kappa shape index (κ2) is 9.21. The van der Waals surface area contributed by atoms with Crippen LogP contribution in [0.25, 0.3) is 0 Å². The Bertz CT molecular complexity index is 705. The fourth-order valence-electron chi connectivity index (χ4n) is 1.78. The van der Waals surface area contributed by atoms with Crippen LogP contribution in [0.4, 0.5) is 0 Å². The van der Waals surface area contributed by atoms with E-state index in [4.69, 9.17) is 19.7 Å². The summed E-state index contributed by atoms with van der Waals surface area (Å²) >= 11 is 0. The molecule has 1 aromatic rings. The van der Waals surface area contributed by atoms with Gasteiger partial charge in [-0.15, -0.1) is 0 Å². The second-order valence-corrected chi connectivity index (χ2v) is 5.13. The van der Waals surface area contributed by atoms with Crippen LogP contribution in [0.1, 0.15) is 50.8 Å². The van der Waals surface area contributed by atoms with Crippen LogP contribution in [0.3, 0.4) is 0 Å². The topological polar surface area (TPSA) is 127 Å². The molecule has 134 valence electrons. The monoisotopic (exact) mass is 350 g/mol. The Morgan fingerprint density at radius 1 is 0.960 bits per heavy atom. The van der Waals surface area contributed by atoms with Crippen molar-refractivity contribution in [3.8, 4) is 0 Å². The van der Waals surface area contributed by atoms with Crippen LogP contribution in [0, 0.1) is 0 Å². The Balaban J connectivity index is 2.51. The molecule has 0 saturated heterocycles. The van der Waals surface area contributed by atoms with Crippen molar-refractivity contribution in [3.05, 3.63) is 47.0 Å². The van der Waals surface area contributed by atoms with E-state index in [2.05, 4.69) is 6.58 Å². The summed E-state index contributed by atoms with van der Waals surface area (Å²) in [4.78, 5) is 45.0. The minimum Gasteiger partial charge on any atom is -0.478 e. The van der Waals surface area contributed by atoms with Gasteiger partial charge in [0.25, 0.3) is 0 Å². The third-order valence-electron chi connectivity index (χ3n) is 3.07. The number of unbranched alkanes of at least 4 members (excludes halogenated alkanes) is 1.